The van der Waals surface area contributed by atoms with Crippen LogP contribution in [-0.4, -0.2) is 30.4 Å². The first-order valence-corrected chi connectivity index (χ1v) is 5.74. The van der Waals surface area contributed by atoms with Crippen molar-refractivity contribution in [3.63, 3.8) is 0 Å². The molecule has 0 saturated carbocycles. The summed E-state index contributed by atoms with van der Waals surface area (Å²) >= 11 is 5.67. The summed E-state index contributed by atoms with van der Waals surface area (Å²) in [6, 6.07) is 4.05. The second-order valence-electron chi connectivity index (χ2n) is 4.05. The average molecular weight is 259 g/mol. The molecule has 0 aliphatic heterocycles. The second-order valence-corrected chi connectivity index (χ2v) is 4.45. The minimum atomic E-state index is -0.503. The molecule has 0 bridgehead atoms. The van der Waals surface area contributed by atoms with Gasteiger partial charge in [-0.1, -0.05) is 17.7 Å². The topological polar surface area (TPSA) is 46.3 Å². The van der Waals surface area contributed by atoms with Gasteiger partial charge in [-0.2, -0.15) is 0 Å². The molecule has 0 aliphatic carbocycles. The number of likely N-dealkylation sites (N-methyl/N-ethyl adjacent to an activating group) is 1. The number of halogens is 2. The normalized spacial score (nSPS) is 12.3. The molecule has 1 atom stereocenters. The molecule has 1 rings (SSSR count). The van der Waals surface area contributed by atoms with Gasteiger partial charge in [0.05, 0.1) is 11.1 Å². The van der Waals surface area contributed by atoms with Crippen LogP contribution in [0.2, 0.25) is 5.02 Å². The van der Waals surface area contributed by atoms with Crippen LogP contribution in [-0.2, 0) is 11.2 Å². The van der Waals surface area contributed by atoms with Crippen molar-refractivity contribution >= 4 is 17.5 Å². The first kappa shape index (κ1) is 13.9. The first-order valence-electron chi connectivity index (χ1n) is 5.36. The molecule has 94 valence electrons. The van der Waals surface area contributed by atoms with Crippen molar-refractivity contribution in [3.8, 4) is 0 Å². The van der Waals surface area contributed by atoms with E-state index in [4.69, 9.17) is 17.3 Å². The SMILES string of the molecule is CC(N)C(=O)N(C)CCc1ccc(F)c(Cl)c1. The molecule has 2 N–H and O–H groups in total. The highest BCUT2D eigenvalue weighted by molar-refractivity contribution is 6.30. The molecule has 0 aromatic heterocycles. The monoisotopic (exact) mass is 258 g/mol. The lowest BCUT2D eigenvalue weighted by molar-refractivity contribution is -0.130. The van der Waals surface area contributed by atoms with Crippen LogP contribution in [0, 0.1) is 5.82 Å². The minimum Gasteiger partial charge on any atom is -0.344 e. The molecule has 0 saturated heterocycles. The van der Waals surface area contributed by atoms with Crippen LogP contribution in [0.4, 0.5) is 4.39 Å². The highest BCUT2D eigenvalue weighted by atomic mass is 35.5. The van der Waals surface area contributed by atoms with Gasteiger partial charge in [0, 0.05) is 13.6 Å². The van der Waals surface area contributed by atoms with Crippen LogP contribution in [0.3, 0.4) is 0 Å². The van der Waals surface area contributed by atoms with E-state index in [-0.39, 0.29) is 10.9 Å². The number of amides is 1. The molecule has 0 fully saturated rings. The van der Waals surface area contributed by atoms with Crippen molar-refractivity contribution in [1.29, 1.82) is 0 Å². The number of nitrogens with zero attached hydrogens (tertiary/aromatic N) is 1. The van der Waals surface area contributed by atoms with Gasteiger partial charge in [-0.25, -0.2) is 4.39 Å². The molecule has 0 radical (unpaired) electrons. The molecule has 0 aliphatic rings. The van der Waals surface area contributed by atoms with Crippen molar-refractivity contribution in [2.24, 2.45) is 5.73 Å². The third-order valence-electron chi connectivity index (χ3n) is 2.49. The molecule has 1 aromatic rings. The van der Waals surface area contributed by atoms with Crippen LogP contribution < -0.4 is 5.73 Å². The lowest BCUT2D eigenvalue weighted by Gasteiger charge is -2.19. The average Bonchev–Trinajstić information content (AvgIpc) is 2.29. The maximum atomic E-state index is 12.9. The highest BCUT2D eigenvalue weighted by Crippen LogP contribution is 2.16. The molecule has 1 unspecified atom stereocenters. The van der Waals surface area contributed by atoms with Gasteiger partial charge in [-0.05, 0) is 31.0 Å². The fourth-order valence-corrected chi connectivity index (χ4v) is 1.65. The third kappa shape index (κ3) is 3.98. The molecule has 5 heteroatoms. The lowest BCUT2D eigenvalue weighted by atomic mass is 10.1. The number of hydrogen-bond donors (Lipinski definition) is 1. The van der Waals surface area contributed by atoms with Gasteiger partial charge in [-0.15, -0.1) is 0 Å². The van der Waals surface area contributed by atoms with Gasteiger partial charge in [0.15, 0.2) is 0 Å². The molecule has 0 spiro atoms. The summed E-state index contributed by atoms with van der Waals surface area (Å²) in [6.45, 7) is 2.18. The Kier molecular flexibility index (Phi) is 4.90. The predicted molar refractivity (Wildman–Crippen MR) is 66.4 cm³/mol. The standard InChI is InChI=1S/C12H16ClFN2O/c1-8(15)12(17)16(2)6-5-9-3-4-11(14)10(13)7-9/h3-4,7-8H,5-6,15H2,1-2H3. The Balaban J connectivity index is 2.56. The maximum Gasteiger partial charge on any atom is 0.238 e. The van der Waals surface area contributed by atoms with E-state index in [0.717, 1.165) is 5.56 Å². The van der Waals surface area contributed by atoms with E-state index in [1.54, 1.807) is 31.0 Å². The van der Waals surface area contributed by atoms with Gasteiger partial charge >= 0.3 is 0 Å². The number of carbonyl (C=O) groups excluding carboxylic acids is 1. The zero-order chi connectivity index (χ0) is 13.0. The fourth-order valence-electron chi connectivity index (χ4n) is 1.45. The first-order chi connectivity index (χ1) is 7.91. The number of carbonyl (C=O) groups is 1. The zero-order valence-corrected chi connectivity index (χ0v) is 10.7. The number of benzene rings is 1. The summed E-state index contributed by atoms with van der Waals surface area (Å²) in [6.07, 6.45) is 0.620. The Morgan fingerprint density at radius 2 is 2.24 bits per heavy atom. The number of rotatable bonds is 4. The zero-order valence-electron chi connectivity index (χ0n) is 9.91. The van der Waals surface area contributed by atoms with E-state index < -0.39 is 11.9 Å². The molecule has 1 aromatic carbocycles. The van der Waals surface area contributed by atoms with Crippen LogP contribution >= 0.6 is 11.6 Å². The van der Waals surface area contributed by atoms with E-state index in [1.165, 1.54) is 6.07 Å². The third-order valence-corrected chi connectivity index (χ3v) is 2.78. The van der Waals surface area contributed by atoms with Crippen LogP contribution in [0.25, 0.3) is 0 Å². The van der Waals surface area contributed by atoms with E-state index >= 15 is 0 Å². The van der Waals surface area contributed by atoms with Crippen molar-refractivity contribution in [2.75, 3.05) is 13.6 Å². The van der Waals surface area contributed by atoms with Crippen molar-refractivity contribution in [1.82, 2.24) is 4.90 Å². The Labute approximate surface area is 105 Å². The van der Waals surface area contributed by atoms with Crippen molar-refractivity contribution < 1.29 is 9.18 Å². The lowest BCUT2D eigenvalue weighted by Crippen LogP contribution is -2.40. The van der Waals surface area contributed by atoms with E-state index in [9.17, 15) is 9.18 Å². The van der Waals surface area contributed by atoms with Gasteiger partial charge in [-0.3, -0.25) is 4.79 Å². The Morgan fingerprint density at radius 1 is 1.59 bits per heavy atom. The van der Waals surface area contributed by atoms with E-state index in [1.807, 2.05) is 0 Å². The summed E-state index contributed by atoms with van der Waals surface area (Å²) < 4.78 is 12.9. The van der Waals surface area contributed by atoms with Crippen molar-refractivity contribution in [2.45, 2.75) is 19.4 Å². The Bertz CT molecular complexity index is 409. The summed E-state index contributed by atoms with van der Waals surface area (Å²) in [5.74, 6) is -0.548. The van der Waals surface area contributed by atoms with Crippen LogP contribution in [0.15, 0.2) is 18.2 Å². The van der Waals surface area contributed by atoms with E-state index in [0.29, 0.717) is 13.0 Å². The van der Waals surface area contributed by atoms with Gasteiger partial charge in [0.2, 0.25) is 5.91 Å². The van der Waals surface area contributed by atoms with E-state index in [2.05, 4.69) is 0 Å². The molecule has 3 nitrogen and oxygen atoms in total. The quantitative estimate of drug-likeness (QED) is 0.896. The number of hydrogen-bond acceptors (Lipinski definition) is 2. The fraction of sp³-hybridized carbons (Fsp3) is 0.417. The smallest absolute Gasteiger partial charge is 0.238 e. The molecular weight excluding hydrogens is 243 g/mol. The molecule has 0 heterocycles. The van der Waals surface area contributed by atoms with Gasteiger partial charge in [0.25, 0.3) is 0 Å². The van der Waals surface area contributed by atoms with Gasteiger partial charge < -0.3 is 10.6 Å². The summed E-state index contributed by atoms with van der Waals surface area (Å²) in [5, 5.41) is 0.101. The molecule has 17 heavy (non-hydrogen) atoms. The predicted octanol–water partition coefficient (Wildman–Crippen LogP) is 1.83. The Hall–Kier alpha value is -1.13. The van der Waals surface area contributed by atoms with Crippen LogP contribution in [0.5, 0.6) is 0 Å². The highest BCUT2D eigenvalue weighted by Gasteiger charge is 2.13. The molecule has 1 amide bonds. The van der Waals surface area contributed by atoms with Crippen LogP contribution in [0.1, 0.15) is 12.5 Å². The molecular formula is C12H16ClFN2O. The second kappa shape index (κ2) is 5.98. The number of nitrogens with two attached hydrogens (primary N) is 1. The summed E-state index contributed by atoms with van der Waals surface area (Å²) in [5.41, 5.74) is 6.38. The Morgan fingerprint density at radius 3 is 2.76 bits per heavy atom. The largest absolute Gasteiger partial charge is 0.344 e. The van der Waals surface area contributed by atoms with Gasteiger partial charge in [0.1, 0.15) is 5.82 Å². The minimum absolute atomic E-state index is 0.101. The maximum absolute atomic E-state index is 12.9. The summed E-state index contributed by atoms with van der Waals surface area (Å²) in [7, 11) is 1.69. The summed E-state index contributed by atoms with van der Waals surface area (Å²) in [4.78, 5) is 13.1. The van der Waals surface area contributed by atoms with Crippen molar-refractivity contribution in [3.05, 3.63) is 34.6 Å².